The molecule has 0 fully saturated rings. The van der Waals surface area contributed by atoms with Gasteiger partial charge in [0.15, 0.2) is 11.6 Å². The molecule has 0 unspecified atom stereocenters. The van der Waals surface area contributed by atoms with E-state index in [1.165, 1.54) is 26.3 Å². The Bertz CT molecular complexity index is 585. The minimum atomic E-state index is -2.73. The average Bonchev–Trinajstić information content (AvgIpc) is 2.87. The normalized spacial score (nSPS) is 10.8. The van der Waals surface area contributed by atoms with Crippen LogP contribution in [0.1, 0.15) is 12.1 Å². The van der Waals surface area contributed by atoms with Gasteiger partial charge in [0.25, 0.3) is 6.43 Å². The molecular formula is C11H11F3N4O. The average molecular weight is 272 g/mol. The number of nitrogens with zero attached hydrogens (tertiary/aromatic N) is 3. The van der Waals surface area contributed by atoms with E-state index in [4.69, 9.17) is 4.74 Å². The van der Waals surface area contributed by atoms with Crippen LogP contribution in [0, 0.1) is 5.82 Å². The van der Waals surface area contributed by atoms with Crippen molar-refractivity contribution in [2.45, 2.75) is 6.43 Å². The van der Waals surface area contributed by atoms with Crippen LogP contribution in [0.15, 0.2) is 18.3 Å². The highest BCUT2D eigenvalue weighted by atomic mass is 19.3. The summed E-state index contributed by atoms with van der Waals surface area (Å²) in [6.45, 7) is 0. The van der Waals surface area contributed by atoms with Crippen LogP contribution in [-0.2, 0) is 0 Å². The first kappa shape index (κ1) is 13.2. The van der Waals surface area contributed by atoms with Crippen molar-refractivity contribution in [3.63, 3.8) is 0 Å². The molecule has 8 heteroatoms. The number of anilines is 1. The maximum atomic E-state index is 14.0. The Morgan fingerprint density at radius 3 is 2.63 bits per heavy atom. The van der Waals surface area contributed by atoms with Crippen LogP contribution < -0.4 is 10.1 Å². The fraction of sp³-hybridized carbons (Fsp3) is 0.273. The number of hydrogen-bond acceptors (Lipinski definition) is 4. The van der Waals surface area contributed by atoms with Crippen LogP contribution in [0.25, 0.3) is 5.69 Å². The number of ether oxygens (including phenoxy) is 1. The first-order chi connectivity index (χ1) is 9.08. The van der Waals surface area contributed by atoms with E-state index in [0.717, 1.165) is 10.9 Å². The molecule has 2 aromatic rings. The summed E-state index contributed by atoms with van der Waals surface area (Å²) in [5.41, 5.74) is -0.122. The van der Waals surface area contributed by atoms with Gasteiger partial charge in [-0.25, -0.2) is 17.9 Å². The zero-order valence-corrected chi connectivity index (χ0v) is 10.2. The van der Waals surface area contributed by atoms with Gasteiger partial charge in [0.1, 0.15) is 11.4 Å². The summed E-state index contributed by atoms with van der Waals surface area (Å²) >= 11 is 0. The third-order valence-electron chi connectivity index (χ3n) is 2.54. The number of methoxy groups -OCH3 is 1. The zero-order valence-electron chi connectivity index (χ0n) is 10.2. The third kappa shape index (κ3) is 2.33. The number of hydrogen-bond donors (Lipinski definition) is 1. The largest absolute Gasteiger partial charge is 0.494 e. The van der Waals surface area contributed by atoms with Crippen molar-refractivity contribution in [2.75, 3.05) is 19.5 Å². The molecule has 2 rings (SSSR count). The van der Waals surface area contributed by atoms with Crippen molar-refractivity contribution >= 4 is 5.69 Å². The van der Waals surface area contributed by atoms with E-state index >= 15 is 0 Å². The lowest BCUT2D eigenvalue weighted by molar-refractivity contribution is 0.146. The van der Waals surface area contributed by atoms with Gasteiger partial charge in [-0.15, -0.1) is 5.10 Å². The van der Waals surface area contributed by atoms with Crippen molar-refractivity contribution in [2.24, 2.45) is 0 Å². The number of nitrogens with one attached hydrogen (secondary N) is 1. The molecule has 19 heavy (non-hydrogen) atoms. The first-order valence-electron chi connectivity index (χ1n) is 5.33. The van der Waals surface area contributed by atoms with Gasteiger partial charge < -0.3 is 10.1 Å². The van der Waals surface area contributed by atoms with Crippen molar-refractivity contribution in [3.05, 3.63) is 29.8 Å². The quantitative estimate of drug-likeness (QED) is 0.928. The molecule has 1 heterocycles. The lowest BCUT2D eigenvalue weighted by Gasteiger charge is -2.12. The Labute approximate surface area is 107 Å². The molecule has 0 aliphatic rings. The van der Waals surface area contributed by atoms with E-state index in [9.17, 15) is 13.2 Å². The summed E-state index contributed by atoms with van der Waals surface area (Å²) in [5, 5.41) is 9.52. The second-order valence-electron chi connectivity index (χ2n) is 3.61. The van der Waals surface area contributed by atoms with Crippen molar-refractivity contribution in [1.82, 2.24) is 15.0 Å². The number of benzene rings is 1. The molecule has 102 valence electrons. The summed E-state index contributed by atoms with van der Waals surface area (Å²) in [5.74, 6) is -0.584. The summed E-state index contributed by atoms with van der Waals surface area (Å²) < 4.78 is 44.8. The maximum absolute atomic E-state index is 14.0. The van der Waals surface area contributed by atoms with Gasteiger partial charge in [0, 0.05) is 7.05 Å². The van der Waals surface area contributed by atoms with Crippen LogP contribution in [0.5, 0.6) is 5.75 Å². The van der Waals surface area contributed by atoms with Crippen LogP contribution in [0.4, 0.5) is 18.9 Å². The van der Waals surface area contributed by atoms with E-state index in [1.54, 1.807) is 0 Å². The topological polar surface area (TPSA) is 52.0 Å². The molecule has 0 radical (unpaired) electrons. The van der Waals surface area contributed by atoms with Gasteiger partial charge in [-0.3, -0.25) is 0 Å². The summed E-state index contributed by atoms with van der Waals surface area (Å²) in [6, 6.07) is 2.88. The molecule has 5 nitrogen and oxygen atoms in total. The van der Waals surface area contributed by atoms with Crippen molar-refractivity contribution in [1.29, 1.82) is 0 Å². The molecular weight excluding hydrogens is 261 g/mol. The van der Waals surface area contributed by atoms with Crippen molar-refractivity contribution in [3.8, 4) is 11.4 Å². The van der Waals surface area contributed by atoms with E-state index in [-0.39, 0.29) is 17.1 Å². The Kier molecular flexibility index (Phi) is 3.59. The summed E-state index contributed by atoms with van der Waals surface area (Å²) in [6.07, 6.45) is -1.68. The second-order valence-corrected chi connectivity index (χ2v) is 3.61. The van der Waals surface area contributed by atoms with E-state index in [2.05, 4.69) is 15.6 Å². The van der Waals surface area contributed by atoms with Crippen LogP contribution in [-0.4, -0.2) is 29.2 Å². The number of aromatic nitrogens is 3. The predicted octanol–water partition coefficient (Wildman–Crippen LogP) is 2.39. The van der Waals surface area contributed by atoms with Crippen LogP contribution in [0.2, 0.25) is 0 Å². The molecule has 0 atom stereocenters. The van der Waals surface area contributed by atoms with Crippen molar-refractivity contribution < 1.29 is 17.9 Å². The predicted molar refractivity (Wildman–Crippen MR) is 62.4 cm³/mol. The Morgan fingerprint density at radius 1 is 1.37 bits per heavy atom. The lowest BCUT2D eigenvalue weighted by Crippen LogP contribution is -2.04. The molecule has 0 saturated carbocycles. The Morgan fingerprint density at radius 2 is 2.11 bits per heavy atom. The Balaban J connectivity index is 2.52. The minimum Gasteiger partial charge on any atom is -0.494 e. The highest BCUT2D eigenvalue weighted by Gasteiger charge is 2.17. The molecule has 0 spiro atoms. The monoisotopic (exact) mass is 272 g/mol. The highest BCUT2D eigenvalue weighted by Crippen LogP contribution is 2.30. The molecule has 1 N–H and O–H groups in total. The van der Waals surface area contributed by atoms with E-state index in [1.807, 2.05) is 0 Å². The molecule has 0 amide bonds. The summed E-state index contributed by atoms with van der Waals surface area (Å²) in [7, 11) is 2.84. The fourth-order valence-corrected chi connectivity index (χ4v) is 1.63. The van der Waals surface area contributed by atoms with E-state index in [0.29, 0.717) is 0 Å². The van der Waals surface area contributed by atoms with Gasteiger partial charge in [-0.05, 0) is 12.1 Å². The van der Waals surface area contributed by atoms with Gasteiger partial charge in [-0.2, -0.15) is 0 Å². The van der Waals surface area contributed by atoms with Gasteiger partial charge in [0.2, 0.25) is 0 Å². The molecule has 0 aliphatic carbocycles. The first-order valence-corrected chi connectivity index (χ1v) is 5.33. The van der Waals surface area contributed by atoms with Crippen LogP contribution >= 0.6 is 0 Å². The highest BCUT2D eigenvalue weighted by molar-refractivity contribution is 5.64. The van der Waals surface area contributed by atoms with Crippen LogP contribution in [0.3, 0.4) is 0 Å². The molecule has 0 saturated heterocycles. The van der Waals surface area contributed by atoms with E-state index < -0.39 is 17.9 Å². The molecule has 0 bridgehead atoms. The number of rotatable bonds is 4. The minimum absolute atomic E-state index is 0.0438. The number of halogens is 3. The standard InChI is InChI=1S/C11H11F3N4O/c1-15-10-7(3-4-8(19-2)9(10)12)18-5-6(11(13)14)16-17-18/h3-5,11,15H,1-2H3. The maximum Gasteiger partial charge on any atom is 0.283 e. The number of alkyl halides is 2. The second kappa shape index (κ2) is 5.17. The smallest absolute Gasteiger partial charge is 0.283 e. The molecule has 0 aliphatic heterocycles. The Hall–Kier alpha value is -2.25. The van der Waals surface area contributed by atoms with Gasteiger partial charge >= 0.3 is 0 Å². The van der Waals surface area contributed by atoms with Gasteiger partial charge in [0.05, 0.1) is 19.0 Å². The zero-order chi connectivity index (χ0) is 14.0. The SMILES string of the molecule is CNc1c(-n2cc(C(F)F)nn2)ccc(OC)c1F. The lowest BCUT2D eigenvalue weighted by atomic mass is 10.2. The van der Waals surface area contributed by atoms with Gasteiger partial charge in [-0.1, -0.05) is 5.21 Å². The molecule has 1 aromatic heterocycles. The third-order valence-corrected chi connectivity index (χ3v) is 2.54. The summed E-state index contributed by atoms with van der Waals surface area (Å²) in [4.78, 5) is 0. The fourth-order valence-electron chi connectivity index (χ4n) is 1.63. The molecule has 1 aromatic carbocycles.